The molecule has 2 aromatic rings. The topological polar surface area (TPSA) is 50.8 Å². The molecule has 134 valence electrons. The van der Waals surface area contributed by atoms with E-state index in [4.69, 9.17) is 21.1 Å². The molecular formula is C19H23ClN2O3. The van der Waals surface area contributed by atoms with Crippen LogP contribution in [-0.2, 0) is 11.2 Å². The summed E-state index contributed by atoms with van der Waals surface area (Å²) in [6.07, 6.45) is 0.868. The van der Waals surface area contributed by atoms with Gasteiger partial charge in [-0.05, 0) is 42.3 Å². The monoisotopic (exact) mass is 362 g/mol. The van der Waals surface area contributed by atoms with Gasteiger partial charge in [0.25, 0.3) is 0 Å². The molecule has 0 unspecified atom stereocenters. The van der Waals surface area contributed by atoms with Crippen LogP contribution >= 0.6 is 11.6 Å². The molecule has 0 aliphatic heterocycles. The zero-order valence-electron chi connectivity index (χ0n) is 14.9. The summed E-state index contributed by atoms with van der Waals surface area (Å²) in [5, 5.41) is 3.53. The van der Waals surface area contributed by atoms with Gasteiger partial charge in [0.2, 0.25) is 5.91 Å². The number of para-hydroxylation sites is 1. The van der Waals surface area contributed by atoms with Gasteiger partial charge >= 0.3 is 0 Å². The Bertz CT molecular complexity index is 747. The number of rotatable bonds is 7. The van der Waals surface area contributed by atoms with Gasteiger partial charge in [-0.1, -0.05) is 17.7 Å². The fraction of sp³-hybridized carbons (Fsp3) is 0.316. The average Bonchev–Trinajstić information content (AvgIpc) is 2.59. The molecular weight excluding hydrogens is 340 g/mol. The summed E-state index contributed by atoms with van der Waals surface area (Å²) in [6.45, 7) is 0. The first-order chi connectivity index (χ1) is 12.0. The Balaban J connectivity index is 2.08. The number of anilines is 2. The standard InChI is InChI=1S/C19H23ClN2O3/c1-22(2)19-15(20)6-5-7-16(19)21-18(23)11-8-13-12-14(24-3)9-10-17(13)25-4/h5-7,9-10,12H,8,11H2,1-4H3,(H,21,23). The van der Waals surface area contributed by atoms with Crippen molar-refractivity contribution in [1.82, 2.24) is 0 Å². The highest BCUT2D eigenvalue weighted by molar-refractivity contribution is 6.34. The predicted octanol–water partition coefficient (Wildman–Crippen LogP) is 3.99. The Morgan fingerprint density at radius 2 is 1.92 bits per heavy atom. The van der Waals surface area contributed by atoms with E-state index >= 15 is 0 Å². The molecule has 2 rings (SSSR count). The number of aryl methyl sites for hydroxylation is 1. The van der Waals surface area contributed by atoms with Crippen molar-refractivity contribution in [3.8, 4) is 11.5 Å². The van der Waals surface area contributed by atoms with E-state index in [1.54, 1.807) is 20.3 Å². The van der Waals surface area contributed by atoms with E-state index in [0.29, 0.717) is 23.6 Å². The number of carbonyl (C=O) groups excluding carboxylic acids is 1. The highest BCUT2D eigenvalue weighted by Gasteiger charge is 2.13. The lowest BCUT2D eigenvalue weighted by molar-refractivity contribution is -0.116. The van der Waals surface area contributed by atoms with E-state index in [-0.39, 0.29) is 5.91 Å². The minimum absolute atomic E-state index is 0.0877. The number of nitrogens with zero attached hydrogens (tertiary/aromatic N) is 1. The Kier molecular flexibility index (Phi) is 6.53. The second kappa shape index (κ2) is 8.62. The van der Waals surface area contributed by atoms with Crippen LogP contribution in [0.2, 0.25) is 5.02 Å². The van der Waals surface area contributed by atoms with Crippen LogP contribution in [0.5, 0.6) is 11.5 Å². The molecule has 5 nitrogen and oxygen atoms in total. The Morgan fingerprint density at radius 3 is 2.56 bits per heavy atom. The smallest absolute Gasteiger partial charge is 0.224 e. The molecule has 2 aromatic carbocycles. The van der Waals surface area contributed by atoms with E-state index in [1.165, 1.54) is 0 Å². The van der Waals surface area contributed by atoms with Crippen molar-refractivity contribution in [2.24, 2.45) is 0 Å². The second-order valence-electron chi connectivity index (χ2n) is 5.76. The average molecular weight is 363 g/mol. The SMILES string of the molecule is COc1ccc(OC)c(CCC(=O)Nc2cccc(Cl)c2N(C)C)c1. The summed E-state index contributed by atoms with van der Waals surface area (Å²) in [5.41, 5.74) is 2.41. The van der Waals surface area contributed by atoms with Gasteiger partial charge < -0.3 is 19.7 Å². The number of carbonyl (C=O) groups is 1. The maximum Gasteiger partial charge on any atom is 0.224 e. The molecule has 0 spiro atoms. The van der Waals surface area contributed by atoms with Crippen LogP contribution in [0, 0.1) is 0 Å². The fourth-order valence-electron chi connectivity index (χ4n) is 2.61. The molecule has 25 heavy (non-hydrogen) atoms. The molecule has 0 aliphatic carbocycles. The highest BCUT2D eigenvalue weighted by Crippen LogP contribution is 2.32. The van der Waals surface area contributed by atoms with Crippen molar-refractivity contribution in [3.05, 3.63) is 47.0 Å². The molecule has 0 radical (unpaired) electrons. The minimum atomic E-state index is -0.0877. The third-order valence-electron chi connectivity index (χ3n) is 3.82. The summed E-state index contributed by atoms with van der Waals surface area (Å²) in [4.78, 5) is 14.3. The molecule has 0 fully saturated rings. The number of methoxy groups -OCH3 is 2. The molecule has 0 heterocycles. The first-order valence-electron chi connectivity index (χ1n) is 7.93. The third kappa shape index (κ3) is 4.79. The van der Waals surface area contributed by atoms with Gasteiger partial charge in [-0.25, -0.2) is 0 Å². The van der Waals surface area contributed by atoms with Crippen molar-refractivity contribution in [2.45, 2.75) is 12.8 Å². The van der Waals surface area contributed by atoms with Gasteiger partial charge in [0.05, 0.1) is 30.6 Å². The highest BCUT2D eigenvalue weighted by atomic mass is 35.5. The minimum Gasteiger partial charge on any atom is -0.497 e. The lowest BCUT2D eigenvalue weighted by Crippen LogP contribution is -2.17. The third-order valence-corrected chi connectivity index (χ3v) is 4.12. The van der Waals surface area contributed by atoms with E-state index in [1.807, 2.05) is 49.3 Å². The number of hydrogen-bond acceptors (Lipinski definition) is 4. The molecule has 0 aromatic heterocycles. The van der Waals surface area contributed by atoms with E-state index < -0.39 is 0 Å². The van der Waals surface area contributed by atoms with E-state index in [0.717, 1.165) is 22.7 Å². The normalized spacial score (nSPS) is 10.3. The molecule has 0 saturated heterocycles. The van der Waals surface area contributed by atoms with Gasteiger partial charge in [0.1, 0.15) is 11.5 Å². The van der Waals surface area contributed by atoms with Crippen LogP contribution in [0.25, 0.3) is 0 Å². The van der Waals surface area contributed by atoms with Gasteiger partial charge in [-0.2, -0.15) is 0 Å². The van der Waals surface area contributed by atoms with Gasteiger partial charge in [0.15, 0.2) is 0 Å². The quantitative estimate of drug-likeness (QED) is 0.809. The first-order valence-corrected chi connectivity index (χ1v) is 8.30. The number of halogens is 1. The van der Waals surface area contributed by atoms with Gasteiger partial charge in [-0.3, -0.25) is 4.79 Å². The van der Waals surface area contributed by atoms with Crippen LogP contribution < -0.4 is 19.7 Å². The van der Waals surface area contributed by atoms with Crippen LogP contribution in [0.3, 0.4) is 0 Å². The van der Waals surface area contributed by atoms with E-state index in [2.05, 4.69) is 5.32 Å². The molecule has 0 aliphatic rings. The largest absolute Gasteiger partial charge is 0.497 e. The van der Waals surface area contributed by atoms with E-state index in [9.17, 15) is 4.79 Å². The molecule has 1 N–H and O–H groups in total. The Hall–Kier alpha value is -2.40. The zero-order valence-corrected chi connectivity index (χ0v) is 15.7. The molecule has 1 amide bonds. The van der Waals surface area contributed by atoms with Crippen LogP contribution in [0.15, 0.2) is 36.4 Å². The van der Waals surface area contributed by atoms with Crippen molar-refractivity contribution in [3.63, 3.8) is 0 Å². The lowest BCUT2D eigenvalue weighted by atomic mass is 10.1. The number of amides is 1. The number of nitrogens with one attached hydrogen (secondary N) is 1. The van der Waals surface area contributed by atoms with Crippen molar-refractivity contribution >= 4 is 28.9 Å². The number of benzene rings is 2. The Labute approximate surface area is 153 Å². The maximum atomic E-state index is 12.4. The first kappa shape index (κ1) is 18.9. The van der Waals surface area contributed by atoms with Crippen LogP contribution in [0.4, 0.5) is 11.4 Å². The van der Waals surface area contributed by atoms with Crippen molar-refractivity contribution in [2.75, 3.05) is 38.5 Å². The summed E-state index contributed by atoms with van der Waals surface area (Å²) in [6, 6.07) is 11.0. The van der Waals surface area contributed by atoms with Crippen LogP contribution in [-0.4, -0.2) is 34.2 Å². The molecule has 0 atom stereocenters. The number of hydrogen-bond donors (Lipinski definition) is 1. The summed E-state index contributed by atoms with van der Waals surface area (Å²) < 4.78 is 10.6. The summed E-state index contributed by atoms with van der Waals surface area (Å²) >= 11 is 6.23. The number of ether oxygens (including phenoxy) is 2. The zero-order chi connectivity index (χ0) is 18.4. The molecule has 6 heteroatoms. The summed E-state index contributed by atoms with van der Waals surface area (Å²) in [5.74, 6) is 1.39. The van der Waals surface area contributed by atoms with Crippen LogP contribution in [0.1, 0.15) is 12.0 Å². The Morgan fingerprint density at radius 1 is 1.16 bits per heavy atom. The molecule has 0 saturated carbocycles. The lowest BCUT2D eigenvalue weighted by Gasteiger charge is -2.19. The van der Waals surface area contributed by atoms with Gasteiger partial charge in [-0.15, -0.1) is 0 Å². The van der Waals surface area contributed by atoms with Crippen molar-refractivity contribution in [1.29, 1.82) is 0 Å². The van der Waals surface area contributed by atoms with Crippen molar-refractivity contribution < 1.29 is 14.3 Å². The fourth-order valence-corrected chi connectivity index (χ4v) is 2.95. The maximum absolute atomic E-state index is 12.4. The summed E-state index contributed by atoms with van der Waals surface area (Å²) in [7, 11) is 7.00. The molecule has 0 bridgehead atoms. The second-order valence-corrected chi connectivity index (χ2v) is 6.16. The predicted molar refractivity (Wildman–Crippen MR) is 102 cm³/mol. The van der Waals surface area contributed by atoms with Gasteiger partial charge in [0, 0.05) is 20.5 Å².